The molecule has 0 atom stereocenters. The second-order valence-electron chi connectivity index (χ2n) is 9.22. The fourth-order valence-corrected chi connectivity index (χ4v) is 4.68. The predicted octanol–water partition coefficient (Wildman–Crippen LogP) is 4.74. The van der Waals surface area contributed by atoms with Crippen LogP contribution in [0, 0.1) is 0 Å². The highest BCUT2D eigenvalue weighted by Gasteiger charge is 2.20. The molecule has 2 aromatic carbocycles. The van der Waals surface area contributed by atoms with E-state index in [1.54, 1.807) is 48.5 Å². The largest absolute Gasteiger partial charge is 0.351 e. The minimum atomic E-state index is -0.489. The summed E-state index contributed by atoms with van der Waals surface area (Å²) in [5, 5.41) is 6.06. The Balaban J connectivity index is 1.25. The standard InChI is InChI=1S/C28H32ClN5O3/c29-23-9-3-2-8-22(23)24(35)18-20-10-12-21(13-11-20)33-28(37)26-25(31-19-32-26)27(36)30-14-4-7-17-34-15-5-1-6-16-34/h2-3,8-13,19H,1,4-7,14-18H2,(H,30,36)(H,31,32)(H,33,37). The Hall–Kier alpha value is -3.49. The molecule has 3 N–H and O–H groups in total. The maximum atomic E-state index is 12.8. The van der Waals surface area contributed by atoms with Crippen LogP contribution in [-0.4, -0.2) is 58.6 Å². The first-order valence-corrected chi connectivity index (χ1v) is 13.1. The van der Waals surface area contributed by atoms with Crippen LogP contribution in [0.1, 0.15) is 69.0 Å². The Labute approximate surface area is 221 Å². The zero-order chi connectivity index (χ0) is 26.0. The fourth-order valence-electron chi connectivity index (χ4n) is 4.44. The number of carbonyl (C=O) groups excluding carboxylic acids is 3. The number of benzene rings is 2. The number of piperidine rings is 1. The van der Waals surface area contributed by atoms with Crippen molar-refractivity contribution in [1.82, 2.24) is 20.2 Å². The number of nitrogens with zero attached hydrogens (tertiary/aromatic N) is 2. The van der Waals surface area contributed by atoms with Gasteiger partial charge in [-0.25, -0.2) is 4.98 Å². The normalized spacial score (nSPS) is 13.8. The van der Waals surface area contributed by atoms with Crippen molar-refractivity contribution in [1.29, 1.82) is 0 Å². The maximum absolute atomic E-state index is 12.8. The number of ketones is 1. The van der Waals surface area contributed by atoms with Crippen molar-refractivity contribution in [2.45, 2.75) is 38.5 Å². The molecule has 3 aromatic rings. The SMILES string of the molecule is O=C(Cc1ccc(NC(=O)c2nc[nH]c2C(=O)NCCCCN2CCCCC2)cc1)c1ccccc1Cl. The van der Waals surface area contributed by atoms with Crippen molar-refractivity contribution >= 4 is 34.9 Å². The molecule has 9 heteroatoms. The van der Waals surface area contributed by atoms with Gasteiger partial charge in [0, 0.05) is 24.2 Å². The number of aromatic nitrogens is 2. The fraction of sp³-hybridized carbons (Fsp3) is 0.357. The molecule has 0 unspecified atom stereocenters. The number of amides is 2. The number of unbranched alkanes of at least 4 members (excludes halogenated alkanes) is 1. The van der Waals surface area contributed by atoms with Crippen molar-refractivity contribution in [3.05, 3.63) is 82.4 Å². The second kappa shape index (κ2) is 13.2. The van der Waals surface area contributed by atoms with Gasteiger partial charge in [0.25, 0.3) is 11.8 Å². The van der Waals surface area contributed by atoms with Crippen LogP contribution >= 0.6 is 11.6 Å². The summed E-state index contributed by atoms with van der Waals surface area (Å²) in [5.41, 5.74) is 1.97. The summed E-state index contributed by atoms with van der Waals surface area (Å²) < 4.78 is 0. The van der Waals surface area contributed by atoms with Crippen molar-refractivity contribution in [2.75, 3.05) is 31.5 Å². The third-order valence-corrected chi connectivity index (χ3v) is 6.80. The Kier molecular flexibility index (Phi) is 9.46. The summed E-state index contributed by atoms with van der Waals surface area (Å²) in [6.07, 6.45) is 7.30. The van der Waals surface area contributed by atoms with Gasteiger partial charge in [0.15, 0.2) is 11.5 Å². The molecule has 0 saturated carbocycles. The molecule has 1 aliphatic rings. The van der Waals surface area contributed by atoms with Gasteiger partial charge in [0.05, 0.1) is 11.3 Å². The second-order valence-corrected chi connectivity index (χ2v) is 9.63. The number of carbonyl (C=O) groups is 3. The average Bonchev–Trinajstić information content (AvgIpc) is 3.41. The van der Waals surface area contributed by atoms with Gasteiger partial charge in [-0.05, 0) is 75.1 Å². The van der Waals surface area contributed by atoms with E-state index in [1.807, 2.05) is 0 Å². The average molecular weight is 522 g/mol. The highest BCUT2D eigenvalue weighted by Crippen LogP contribution is 2.19. The lowest BCUT2D eigenvalue weighted by atomic mass is 10.0. The third-order valence-electron chi connectivity index (χ3n) is 6.47. The highest BCUT2D eigenvalue weighted by atomic mass is 35.5. The number of anilines is 1. The summed E-state index contributed by atoms with van der Waals surface area (Å²) in [6.45, 7) is 3.94. The van der Waals surface area contributed by atoms with E-state index in [4.69, 9.17) is 11.6 Å². The minimum Gasteiger partial charge on any atom is -0.351 e. The van der Waals surface area contributed by atoms with E-state index in [-0.39, 0.29) is 29.5 Å². The van der Waals surface area contributed by atoms with Crippen molar-refractivity contribution in [2.24, 2.45) is 0 Å². The molecule has 194 valence electrons. The molecule has 4 rings (SSSR count). The van der Waals surface area contributed by atoms with Crippen LogP contribution in [0.3, 0.4) is 0 Å². The Morgan fingerprint density at radius 3 is 2.46 bits per heavy atom. The van der Waals surface area contributed by atoms with E-state index in [0.717, 1.165) is 24.9 Å². The number of H-pyrrole nitrogens is 1. The number of aromatic amines is 1. The quantitative estimate of drug-likeness (QED) is 0.249. The van der Waals surface area contributed by atoms with Gasteiger partial charge < -0.3 is 20.5 Å². The molecular formula is C28H32ClN5O3. The smallest absolute Gasteiger partial charge is 0.276 e. The van der Waals surface area contributed by atoms with E-state index in [0.29, 0.717) is 22.8 Å². The number of rotatable bonds is 11. The molecule has 0 radical (unpaired) electrons. The third kappa shape index (κ3) is 7.50. The molecule has 0 spiro atoms. The van der Waals surface area contributed by atoms with E-state index in [2.05, 4.69) is 25.5 Å². The summed E-state index contributed by atoms with van der Waals surface area (Å²) in [6, 6.07) is 13.9. The van der Waals surface area contributed by atoms with Crippen molar-refractivity contribution < 1.29 is 14.4 Å². The zero-order valence-electron chi connectivity index (χ0n) is 20.8. The van der Waals surface area contributed by atoms with Crippen molar-refractivity contribution in [3.63, 3.8) is 0 Å². The number of hydrogen-bond acceptors (Lipinski definition) is 5. The van der Waals surface area contributed by atoms with Gasteiger partial charge in [-0.3, -0.25) is 14.4 Å². The van der Waals surface area contributed by atoms with Gasteiger partial charge in [0.2, 0.25) is 0 Å². The van der Waals surface area contributed by atoms with E-state index < -0.39 is 5.91 Å². The first-order valence-electron chi connectivity index (χ1n) is 12.7. The summed E-state index contributed by atoms with van der Waals surface area (Å²) in [5.74, 6) is -0.925. The van der Waals surface area contributed by atoms with E-state index in [1.165, 1.54) is 38.7 Å². The topological polar surface area (TPSA) is 107 Å². The predicted molar refractivity (Wildman–Crippen MR) is 144 cm³/mol. The van der Waals surface area contributed by atoms with E-state index in [9.17, 15) is 14.4 Å². The van der Waals surface area contributed by atoms with Crippen LogP contribution in [0.25, 0.3) is 0 Å². The molecule has 1 saturated heterocycles. The summed E-state index contributed by atoms with van der Waals surface area (Å²) in [7, 11) is 0. The van der Waals surface area contributed by atoms with Crippen LogP contribution in [0.2, 0.25) is 5.02 Å². The molecule has 1 aromatic heterocycles. The number of nitrogens with one attached hydrogen (secondary N) is 3. The van der Waals surface area contributed by atoms with Crippen molar-refractivity contribution in [3.8, 4) is 0 Å². The summed E-state index contributed by atoms with van der Waals surface area (Å²) in [4.78, 5) is 47.2. The maximum Gasteiger partial charge on any atom is 0.276 e. The lowest BCUT2D eigenvalue weighted by molar-refractivity contribution is 0.0934. The molecule has 37 heavy (non-hydrogen) atoms. The highest BCUT2D eigenvalue weighted by molar-refractivity contribution is 6.34. The molecule has 0 aliphatic carbocycles. The van der Waals surface area contributed by atoms with Gasteiger partial charge >= 0.3 is 0 Å². The number of Topliss-reactive ketones (excluding diaryl/α,β-unsaturated/α-hetero) is 1. The molecule has 2 amide bonds. The lowest BCUT2D eigenvalue weighted by Crippen LogP contribution is -2.31. The first kappa shape index (κ1) is 26.6. The van der Waals surface area contributed by atoms with E-state index >= 15 is 0 Å². The monoisotopic (exact) mass is 521 g/mol. The zero-order valence-corrected chi connectivity index (χ0v) is 21.5. The molecule has 0 bridgehead atoms. The van der Waals surface area contributed by atoms with Gasteiger partial charge in [0.1, 0.15) is 5.69 Å². The van der Waals surface area contributed by atoms with Crippen LogP contribution in [-0.2, 0) is 6.42 Å². The lowest BCUT2D eigenvalue weighted by Gasteiger charge is -2.26. The van der Waals surface area contributed by atoms with Crippen LogP contribution in [0.15, 0.2) is 54.9 Å². The molecule has 2 heterocycles. The first-order chi connectivity index (χ1) is 18.0. The molecule has 1 fully saturated rings. The number of halogens is 1. The van der Waals surface area contributed by atoms with Crippen LogP contribution in [0.4, 0.5) is 5.69 Å². The van der Waals surface area contributed by atoms with Gasteiger partial charge in [-0.15, -0.1) is 0 Å². The van der Waals surface area contributed by atoms with Gasteiger partial charge in [-0.2, -0.15) is 0 Å². The Morgan fingerprint density at radius 2 is 1.70 bits per heavy atom. The number of hydrogen-bond donors (Lipinski definition) is 3. The summed E-state index contributed by atoms with van der Waals surface area (Å²) >= 11 is 6.12. The van der Waals surface area contributed by atoms with Crippen LogP contribution in [0.5, 0.6) is 0 Å². The Bertz CT molecular complexity index is 1220. The molecule has 1 aliphatic heterocycles. The number of imidazole rings is 1. The Morgan fingerprint density at radius 1 is 0.946 bits per heavy atom. The molecular weight excluding hydrogens is 490 g/mol. The minimum absolute atomic E-state index is 0.0313. The van der Waals surface area contributed by atoms with Gasteiger partial charge in [-0.1, -0.05) is 42.3 Å². The number of likely N-dealkylation sites (tertiary alicyclic amines) is 1. The van der Waals surface area contributed by atoms with Crippen LogP contribution < -0.4 is 10.6 Å². The molecule has 8 nitrogen and oxygen atoms in total.